The van der Waals surface area contributed by atoms with Crippen LogP contribution in [0, 0.1) is 0 Å². The Morgan fingerprint density at radius 3 is 2.56 bits per heavy atom. The van der Waals surface area contributed by atoms with Crippen molar-refractivity contribution in [2.75, 3.05) is 33.1 Å². The monoisotopic (exact) mass is 356 g/mol. The van der Waals surface area contributed by atoms with Crippen LogP contribution in [0.1, 0.15) is 18.4 Å². The van der Waals surface area contributed by atoms with E-state index in [0.717, 1.165) is 34.9 Å². The molecule has 2 aromatic rings. The summed E-state index contributed by atoms with van der Waals surface area (Å²) in [6, 6.07) is 16.2. The number of fused-ring (bicyclic) bond motifs is 1. The van der Waals surface area contributed by atoms with Gasteiger partial charge in [0.1, 0.15) is 5.75 Å². The third-order valence-corrected chi connectivity index (χ3v) is 6.04. The van der Waals surface area contributed by atoms with Crippen molar-refractivity contribution in [1.29, 1.82) is 0 Å². The largest absolute Gasteiger partial charge is 0.497 e. The summed E-state index contributed by atoms with van der Waals surface area (Å²) in [7, 11) is 5.80. The number of hydrogen-bond donors (Lipinski definition) is 1. The van der Waals surface area contributed by atoms with E-state index >= 15 is 0 Å². The summed E-state index contributed by atoms with van der Waals surface area (Å²) < 4.78 is 5.00. The molecule has 25 heavy (non-hydrogen) atoms. The first-order valence-corrected chi connectivity index (χ1v) is 9.21. The number of anilines is 1. The molecule has 1 atom stereocenters. The molecule has 4 nitrogen and oxygen atoms in total. The maximum Gasteiger partial charge on any atom is 0.226 e. The molecule has 0 aliphatic carbocycles. The van der Waals surface area contributed by atoms with Gasteiger partial charge in [-0.25, -0.2) is 0 Å². The Labute approximate surface area is 153 Å². The molecule has 1 aliphatic heterocycles. The molecule has 2 aromatic carbocycles. The van der Waals surface area contributed by atoms with Crippen molar-refractivity contribution in [3.05, 3.63) is 54.1 Å². The van der Waals surface area contributed by atoms with Crippen molar-refractivity contribution >= 4 is 23.4 Å². The van der Waals surface area contributed by atoms with Gasteiger partial charge in [-0.05, 0) is 56.9 Å². The van der Waals surface area contributed by atoms with Crippen LogP contribution in [0.3, 0.4) is 0 Å². The number of para-hydroxylation sites is 1. The van der Waals surface area contributed by atoms with Crippen LogP contribution in [0.5, 0.6) is 5.75 Å². The minimum absolute atomic E-state index is 0.0621. The fourth-order valence-corrected chi connectivity index (χ4v) is 4.55. The molecular formula is C20H24N2O2S. The second-order valence-corrected chi connectivity index (χ2v) is 8.02. The Bertz CT molecular complexity index is 746. The van der Waals surface area contributed by atoms with Crippen LogP contribution in [-0.4, -0.2) is 38.6 Å². The summed E-state index contributed by atoms with van der Waals surface area (Å²) >= 11 is 1.79. The Morgan fingerprint density at radius 1 is 1.16 bits per heavy atom. The smallest absolute Gasteiger partial charge is 0.226 e. The first-order chi connectivity index (χ1) is 12.0. The number of benzene rings is 2. The Balaban J connectivity index is 2.05. The molecule has 132 valence electrons. The molecule has 1 amide bonds. The zero-order chi connectivity index (χ0) is 17.9. The summed E-state index contributed by atoms with van der Waals surface area (Å²) in [5, 5.41) is 3.06. The van der Waals surface area contributed by atoms with E-state index in [2.05, 4.69) is 42.5 Å². The summed E-state index contributed by atoms with van der Waals surface area (Å²) in [5.41, 5.74) is 2.06. The third kappa shape index (κ3) is 3.99. The van der Waals surface area contributed by atoms with E-state index in [4.69, 9.17) is 4.74 Å². The Hall–Kier alpha value is -1.98. The van der Waals surface area contributed by atoms with Crippen LogP contribution in [0.15, 0.2) is 53.4 Å². The molecule has 1 aliphatic rings. The molecule has 0 aromatic heterocycles. The maximum atomic E-state index is 12.6. The van der Waals surface area contributed by atoms with E-state index < -0.39 is 0 Å². The van der Waals surface area contributed by atoms with Gasteiger partial charge in [0, 0.05) is 11.3 Å². The zero-order valence-electron chi connectivity index (χ0n) is 14.9. The van der Waals surface area contributed by atoms with Gasteiger partial charge in [-0.1, -0.05) is 24.3 Å². The second kappa shape index (κ2) is 7.50. The van der Waals surface area contributed by atoms with Gasteiger partial charge in [0.05, 0.1) is 17.5 Å². The number of nitrogens with one attached hydrogen (secondary N) is 1. The number of amides is 1. The van der Waals surface area contributed by atoms with Crippen LogP contribution >= 0.6 is 11.8 Å². The van der Waals surface area contributed by atoms with Gasteiger partial charge in [0.15, 0.2) is 0 Å². The van der Waals surface area contributed by atoms with Gasteiger partial charge in [0.2, 0.25) is 5.91 Å². The van der Waals surface area contributed by atoms with Crippen molar-refractivity contribution in [1.82, 2.24) is 4.90 Å². The molecule has 3 rings (SSSR count). The van der Waals surface area contributed by atoms with Gasteiger partial charge >= 0.3 is 0 Å². The molecule has 0 saturated heterocycles. The molecule has 0 fully saturated rings. The molecule has 1 unspecified atom stereocenters. The number of methoxy groups -OCH3 is 1. The van der Waals surface area contributed by atoms with Crippen LogP contribution in [0.2, 0.25) is 0 Å². The molecule has 0 bridgehead atoms. The lowest BCUT2D eigenvalue weighted by atomic mass is 9.90. The van der Waals surface area contributed by atoms with Crippen molar-refractivity contribution in [3.8, 4) is 5.75 Å². The highest BCUT2D eigenvalue weighted by Crippen LogP contribution is 2.51. The molecule has 0 radical (unpaired) electrons. The number of carbonyl (C=O) groups is 1. The molecule has 0 saturated carbocycles. The minimum atomic E-state index is -0.298. The summed E-state index contributed by atoms with van der Waals surface area (Å²) in [5.74, 6) is 0.891. The molecule has 0 spiro atoms. The van der Waals surface area contributed by atoms with Gasteiger partial charge in [-0.2, -0.15) is 0 Å². The van der Waals surface area contributed by atoms with Crippen LogP contribution < -0.4 is 10.1 Å². The average molecular weight is 356 g/mol. The van der Waals surface area contributed by atoms with Crippen LogP contribution in [-0.2, 0) is 9.54 Å². The Kier molecular flexibility index (Phi) is 5.35. The topological polar surface area (TPSA) is 41.6 Å². The number of carbonyl (C=O) groups excluding carboxylic acids is 1. The fraction of sp³-hybridized carbons (Fsp3) is 0.350. The summed E-state index contributed by atoms with van der Waals surface area (Å²) in [4.78, 5) is 15.9. The maximum absolute atomic E-state index is 12.6. The van der Waals surface area contributed by atoms with Gasteiger partial charge < -0.3 is 15.0 Å². The lowest BCUT2D eigenvalue weighted by Crippen LogP contribution is -2.31. The van der Waals surface area contributed by atoms with Gasteiger partial charge in [-0.3, -0.25) is 4.79 Å². The normalized spacial score (nSPS) is 19.9. The first-order valence-electron chi connectivity index (χ1n) is 8.39. The van der Waals surface area contributed by atoms with E-state index in [9.17, 15) is 4.79 Å². The predicted molar refractivity (Wildman–Crippen MR) is 103 cm³/mol. The predicted octanol–water partition coefficient (Wildman–Crippen LogP) is 3.98. The summed E-state index contributed by atoms with van der Waals surface area (Å²) in [6.07, 6.45) is 1.34. The molecule has 1 heterocycles. The van der Waals surface area contributed by atoms with Crippen molar-refractivity contribution < 1.29 is 9.53 Å². The molecule has 5 heteroatoms. The molecule has 1 N–H and O–H groups in total. The van der Waals surface area contributed by atoms with Crippen LogP contribution in [0.25, 0.3) is 0 Å². The van der Waals surface area contributed by atoms with E-state index in [1.54, 1.807) is 18.9 Å². The minimum Gasteiger partial charge on any atom is -0.497 e. The SMILES string of the molecule is COc1ccc(C2(CCN(C)C)CC(=O)Nc3ccccc3S2)cc1. The van der Waals surface area contributed by atoms with E-state index in [0.29, 0.717) is 6.42 Å². The number of hydrogen-bond acceptors (Lipinski definition) is 4. The highest BCUT2D eigenvalue weighted by atomic mass is 32.2. The lowest BCUT2D eigenvalue weighted by Gasteiger charge is -2.33. The van der Waals surface area contributed by atoms with E-state index in [-0.39, 0.29) is 10.7 Å². The lowest BCUT2D eigenvalue weighted by molar-refractivity contribution is -0.116. The second-order valence-electron chi connectivity index (χ2n) is 6.60. The Morgan fingerprint density at radius 2 is 1.88 bits per heavy atom. The van der Waals surface area contributed by atoms with Crippen molar-refractivity contribution in [2.24, 2.45) is 0 Å². The van der Waals surface area contributed by atoms with Gasteiger partial charge in [-0.15, -0.1) is 11.8 Å². The number of nitrogens with zero attached hydrogens (tertiary/aromatic N) is 1. The van der Waals surface area contributed by atoms with Gasteiger partial charge in [0.25, 0.3) is 0 Å². The van der Waals surface area contributed by atoms with Crippen molar-refractivity contribution in [2.45, 2.75) is 22.5 Å². The summed E-state index contributed by atoms with van der Waals surface area (Å²) in [6.45, 7) is 0.911. The zero-order valence-corrected chi connectivity index (χ0v) is 15.7. The highest BCUT2D eigenvalue weighted by Gasteiger charge is 2.38. The average Bonchev–Trinajstić information content (AvgIpc) is 2.76. The first kappa shape index (κ1) is 17.8. The van der Waals surface area contributed by atoms with Crippen LogP contribution in [0.4, 0.5) is 5.69 Å². The quantitative estimate of drug-likeness (QED) is 0.880. The number of ether oxygens (including phenoxy) is 1. The number of thioether (sulfide) groups is 1. The number of rotatable bonds is 5. The molecular weight excluding hydrogens is 332 g/mol. The highest BCUT2D eigenvalue weighted by molar-refractivity contribution is 8.00. The van der Waals surface area contributed by atoms with E-state index in [1.807, 2.05) is 30.3 Å². The third-order valence-electron chi connectivity index (χ3n) is 4.49. The standard InChI is InChI=1S/C20H24N2O2S/c1-22(2)13-12-20(15-8-10-16(24-3)11-9-15)14-19(23)21-17-6-4-5-7-18(17)25-20/h4-11H,12-14H2,1-3H3,(H,21,23). The fourth-order valence-electron chi connectivity index (χ4n) is 3.10. The van der Waals surface area contributed by atoms with Crippen molar-refractivity contribution in [3.63, 3.8) is 0 Å². The van der Waals surface area contributed by atoms with E-state index in [1.165, 1.54) is 0 Å².